The summed E-state index contributed by atoms with van der Waals surface area (Å²) in [6.07, 6.45) is -3.22. The highest BCUT2D eigenvalue weighted by Gasteiger charge is 2.56. The molecule has 0 spiro atoms. The molecule has 17 N–H and O–H groups in total. The summed E-state index contributed by atoms with van der Waals surface area (Å²) in [6.45, 7) is 13.3. The Balaban J connectivity index is 3.07. The van der Waals surface area contributed by atoms with Crippen LogP contribution in [0, 0.1) is 11.8 Å². The van der Waals surface area contributed by atoms with Gasteiger partial charge in [0.15, 0.2) is 0 Å². The molecular weight excluding hydrogens is 1390 g/mol. The lowest BCUT2D eigenvalue weighted by atomic mass is 9.87. The van der Waals surface area contributed by atoms with Gasteiger partial charge in [0.1, 0.15) is 30.2 Å². The first-order valence-corrected chi connectivity index (χ1v) is 36.1. The number of benzene rings is 1. The van der Waals surface area contributed by atoms with Crippen LogP contribution in [0.4, 0.5) is 8.90 Å². The summed E-state index contributed by atoms with van der Waals surface area (Å²) in [5, 5.41) is 104. The van der Waals surface area contributed by atoms with Crippen molar-refractivity contribution in [1.29, 1.82) is 0 Å². The van der Waals surface area contributed by atoms with Gasteiger partial charge < -0.3 is 92.6 Å². The fourth-order valence-corrected chi connectivity index (χ4v) is 16.1. The maximum atomic E-state index is 17.1. The minimum atomic E-state index is -3.76. The molecule has 0 aliphatic rings. The molecule has 38 heteroatoms. The van der Waals surface area contributed by atoms with Gasteiger partial charge in [-0.3, -0.25) is 67.4 Å². The van der Waals surface area contributed by atoms with Crippen LogP contribution in [0.25, 0.3) is 0 Å². The molecule has 1 rings (SSSR count). The van der Waals surface area contributed by atoms with Gasteiger partial charge in [-0.15, -0.1) is 0 Å². The molecule has 1 aromatic rings. The molecule has 0 saturated heterocycles. The Morgan fingerprint density at radius 1 is 0.423 bits per heavy atom. The van der Waals surface area contributed by atoms with Gasteiger partial charge in [0.2, 0.25) is 29.5 Å². The van der Waals surface area contributed by atoms with E-state index < -0.39 is 207 Å². The molecule has 0 fully saturated rings. The van der Waals surface area contributed by atoms with Crippen molar-refractivity contribution in [3.05, 3.63) is 29.8 Å². The Kier molecular flexibility index (Phi) is 41.2. The second-order valence-corrected chi connectivity index (χ2v) is 32.3. The minimum Gasteiger partial charge on any atom is -0.481 e. The van der Waals surface area contributed by atoms with Gasteiger partial charge in [0.25, 0.3) is 14.3 Å². The van der Waals surface area contributed by atoms with Crippen LogP contribution in [-0.2, 0) is 67.1 Å². The highest BCUT2D eigenvalue weighted by atomic mass is 28.4. The third kappa shape index (κ3) is 36.1. The molecule has 0 saturated carbocycles. The zero-order chi connectivity index (χ0) is 79.2. The van der Waals surface area contributed by atoms with Crippen molar-refractivity contribution in [3.8, 4) is 0 Å². The monoisotopic (exact) mass is 1500 g/mol. The summed E-state index contributed by atoms with van der Waals surface area (Å²) < 4.78 is 17.1. The summed E-state index contributed by atoms with van der Waals surface area (Å²) in [5.74, 6) is -19.0. The molecule has 0 heterocycles. The number of carbonyl (C=O) groups excluding carboxylic acids is 7. The van der Waals surface area contributed by atoms with Crippen molar-refractivity contribution in [2.45, 2.75) is 192 Å². The molecular formula is C66H106FN11O25Si. The topological polar surface area (TPSA) is 561 Å². The molecule has 0 aliphatic heterocycles. The Hall–Kier alpha value is -9.43. The average molecular weight is 1500 g/mol. The number of urea groups is 1. The number of hydrogen-bond acceptors (Lipinski definition) is 19. The molecule has 36 nitrogen and oxygen atoms in total. The van der Waals surface area contributed by atoms with Crippen LogP contribution in [-0.4, -0.2) is 273 Å². The van der Waals surface area contributed by atoms with Crippen LogP contribution in [0.5, 0.6) is 0 Å². The van der Waals surface area contributed by atoms with Crippen LogP contribution < -0.4 is 47.7 Å². The highest BCUT2D eigenvalue weighted by Crippen LogP contribution is 2.51. The number of carboxylic acid groups (broad SMARTS) is 9. The zero-order valence-electron chi connectivity index (χ0n) is 60.2. The van der Waals surface area contributed by atoms with Gasteiger partial charge >= 0.3 is 59.8 Å². The van der Waals surface area contributed by atoms with Gasteiger partial charge in [0, 0.05) is 83.5 Å². The predicted octanol–water partition coefficient (Wildman–Crippen LogP) is 0.653. The average Bonchev–Trinajstić information content (AvgIpc) is 0.748. The zero-order valence-corrected chi connectivity index (χ0v) is 61.2. The maximum Gasteiger partial charge on any atom is 0.326 e. The van der Waals surface area contributed by atoms with Crippen molar-refractivity contribution in [3.63, 3.8) is 0 Å². The Labute approximate surface area is 602 Å². The molecule has 586 valence electrons. The quantitative estimate of drug-likeness (QED) is 0.0242. The summed E-state index contributed by atoms with van der Waals surface area (Å²) in [6, 6.07) is -3.60. The lowest BCUT2D eigenvalue weighted by Gasteiger charge is -2.44. The number of hydrogen-bond donors (Lipinski definition) is 17. The number of aliphatic carboxylic acids is 9. The number of rotatable bonds is 54. The molecule has 0 bridgehead atoms. The van der Waals surface area contributed by atoms with Gasteiger partial charge in [-0.2, -0.15) is 0 Å². The molecule has 8 amide bonds. The first-order valence-electron chi connectivity index (χ1n) is 34.2. The smallest absolute Gasteiger partial charge is 0.326 e. The van der Waals surface area contributed by atoms with Gasteiger partial charge in [0.05, 0.1) is 25.6 Å². The lowest BCUT2D eigenvalue weighted by Crippen LogP contribution is -2.58. The molecule has 0 radical (unpaired) electrons. The fourth-order valence-electron chi connectivity index (χ4n) is 11.5. The molecule has 0 aromatic heterocycles. The van der Waals surface area contributed by atoms with Gasteiger partial charge in [-0.25, -0.2) is 24.0 Å². The molecule has 1 unspecified atom stereocenters. The van der Waals surface area contributed by atoms with Crippen LogP contribution in [0.3, 0.4) is 0 Å². The number of carbonyl (C=O) groups is 16. The van der Waals surface area contributed by atoms with Crippen molar-refractivity contribution >= 4 is 109 Å². The minimum absolute atomic E-state index is 0.00239. The van der Waals surface area contributed by atoms with E-state index >= 15 is 4.11 Å². The third-order valence-corrected chi connectivity index (χ3v) is 22.2. The van der Waals surface area contributed by atoms with Crippen LogP contribution >= 0.6 is 0 Å². The first kappa shape index (κ1) is 92.6. The van der Waals surface area contributed by atoms with Crippen molar-refractivity contribution < 1.29 is 127 Å². The summed E-state index contributed by atoms with van der Waals surface area (Å²) >= 11 is 0. The van der Waals surface area contributed by atoms with Crippen molar-refractivity contribution in [1.82, 2.24) is 57.2 Å². The van der Waals surface area contributed by atoms with Gasteiger partial charge in [-0.05, 0) is 111 Å². The number of nitrogens with one attached hydrogen (secondary N) is 8. The Morgan fingerprint density at radius 3 is 1.26 bits per heavy atom. The van der Waals surface area contributed by atoms with Crippen LogP contribution in [0.1, 0.15) is 162 Å². The standard InChI is InChI=1S/C66H106FN11O25Si/c1-9-30-76(37-54(85)86)32-34-78(39-56(89)90)35-33-77(38-55(87)88)31-27-40(2)43(59(93)94)19-22-51(81)72-48(36-70-57(91)41-15-17-42(18-16-41)104(67,65(3,4)5)66(6,7)8)58(92)73-45(61(97)98)13-10-11-28-68-49(79)24-25-50(80)69-29-12-14-44(60(95)96)71-52(82)23-20-46(62(99)100)74-64(103)75-47(63(101)102)21-26-53(83)84/h15-18,40,43-48H,9-14,19-39H2,1-8H3,(H,68,79)(H,69,80)(H,70,91)(H,71,82)(H,72,81)(H,73,92)(H,83,84)(H,85,86)(H,87,88)(H,89,90)(H,93,94)(H,95,96)(H,97,98)(H,99,100)(H,101,102)(H2,74,75,103)/t40?,43-,44+,45+,46-,47-,48-/m0/s1. The van der Waals surface area contributed by atoms with Gasteiger partial charge in [-0.1, -0.05) is 67.5 Å². The van der Waals surface area contributed by atoms with E-state index in [2.05, 4.69) is 31.9 Å². The number of carboxylic acids is 9. The Morgan fingerprint density at radius 2 is 0.827 bits per heavy atom. The number of amides is 8. The van der Waals surface area contributed by atoms with E-state index in [4.69, 9.17) is 5.11 Å². The number of nitrogens with zero attached hydrogens (tertiary/aromatic N) is 3. The maximum absolute atomic E-state index is 17.1. The summed E-state index contributed by atoms with van der Waals surface area (Å²) in [4.78, 5) is 202. The van der Waals surface area contributed by atoms with E-state index in [9.17, 15) is 118 Å². The van der Waals surface area contributed by atoms with E-state index in [-0.39, 0.29) is 116 Å². The normalized spacial score (nSPS) is 13.7. The highest BCUT2D eigenvalue weighted by molar-refractivity contribution is 6.90. The fraction of sp³-hybridized carbons (Fsp3) is 0.667. The van der Waals surface area contributed by atoms with E-state index in [0.717, 1.165) is 0 Å². The molecule has 1 aromatic carbocycles. The summed E-state index contributed by atoms with van der Waals surface area (Å²) in [5.41, 5.74) is 0.0545. The van der Waals surface area contributed by atoms with Crippen LogP contribution in [0.2, 0.25) is 10.1 Å². The third-order valence-electron chi connectivity index (χ3n) is 17.0. The Bertz CT molecular complexity index is 3080. The second kappa shape index (κ2) is 46.3. The van der Waals surface area contributed by atoms with E-state index in [1.807, 2.05) is 17.6 Å². The molecule has 0 aliphatic carbocycles. The van der Waals surface area contributed by atoms with Crippen LogP contribution in [0.15, 0.2) is 24.3 Å². The van der Waals surface area contributed by atoms with Crippen molar-refractivity contribution in [2.75, 3.05) is 78.5 Å². The first-order chi connectivity index (χ1) is 48.4. The number of unbranched alkanes of at least 4 members (excludes halogenated alkanes) is 1. The predicted molar refractivity (Wildman–Crippen MR) is 371 cm³/mol. The second-order valence-electron chi connectivity index (χ2n) is 27.4. The molecule has 104 heavy (non-hydrogen) atoms. The molecule has 7 atom stereocenters. The largest absolute Gasteiger partial charge is 0.481 e. The summed E-state index contributed by atoms with van der Waals surface area (Å²) in [7, 11) is -3.76. The van der Waals surface area contributed by atoms with Crippen molar-refractivity contribution in [2.24, 2.45) is 11.8 Å². The van der Waals surface area contributed by atoms with E-state index in [0.29, 0.717) is 18.2 Å². The van der Waals surface area contributed by atoms with E-state index in [1.165, 1.54) is 34.1 Å². The van der Waals surface area contributed by atoms with E-state index in [1.54, 1.807) is 53.4 Å². The lowest BCUT2D eigenvalue weighted by molar-refractivity contribution is -0.145. The SMILES string of the molecule is CCCN(CCN(CCN(CCC(C)[C@H](CCC(=O)N[C@@H](CNC(=O)c1ccc([Si](F)(C(C)(C)C)C(C)(C)C)cc1)C(=O)N[C@H](CCCCNC(=O)CCC(=O)NCCC[C@@H](NC(=O)CC[C@H](NC(=O)N[C@@H](CCC(=O)O)C(=O)O)C(=O)O)C(=O)O)C(=O)O)C(=O)O)CC(=O)O)CC(=O)O)CC(=O)O. The number of halogens is 1.